The lowest BCUT2D eigenvalue weighted by Crippen LogP contribution is -2.32. The van der Waals surface area contributed by atoms with E-state index < -0.39 is 17.9 Å². The highest BCUT2D eigenvalue weighted by Gasteiger charge is 2.40. The standard InChI is InChI=1S/C35H55NO5/c1-8-9-10-11-12-13-14-15-16-17-18-19-20-22-28-23-21-24-29(41-25(2)3)32(28)33-30(34(37)39-6)26(4)36-27(5)31(33)35(38)40-7/h21,23-25,33,36H,8-20,22H2,1-7H3. The highest BCUT2D eigenvalue weighted by molar-refractivity contribution is 6.00. The van der Waals surface area contributed by atoms with Crippen molar-refractivity contribution >= 4 is 11.9 Å². The molecule has 41 heavy (non-hydrogen) atoms. The number of esters is 2. The number of dihydropyridines is 1. The molecule has 0 spiro atoms. The molecule has 230 valence electrons. The van der Waals surface area contributed by atoms with Gasteiger partial charge >= 0.3 is 11.9 Å². The highest BCUT2D eigenvalue weighted by Crippen LogP contribution is 2.45. The molecule has 2 rings (SSSR count). The number of allylic oxidation sites excluding steroid dienone is 2. The van der Waals surface area contributed by atoms with Gasteiger partial charge in [-0.15, -0.1) is 0 Å². The van der Waals surface area contributed by atoms with Gasteiger partial charge in [0.15, 0.2) is 0 Å². The summed E-state index contributed by atoms with van der Waals surface area (Å²) in [5, 5.41) is 3.20. The summed E-state index contributed by atoms with van der Waals surface area (Å²) >= 11 is 0. The first kappa shape index (κ1) is 34.4. The fraction of sp³-hybridized carbons (Fsp3) is 0.657. The quantitative estimate of drug-likeness (QED) is 0.133. The van der Waals surface area contributed by atoms with Crippen molar-refractivity contribution in [2.75, 3.05) is 14.2 Å². The van der Waals surface area contributed by atoms with Crippen molar-refractivity contribution in [1.29, 1.82) is 0 Å². The summed E-state index contributed by atoms with van der Waals surface area (Å²) in [6, 6.07) is 6.03. The Balaban J connectivity index is 2.17. The van der Waals surface area contributed by atoms with Crippen LogP contribution in [0.1, 0.15) is 135 Å². The summed E-state index contributed by atoms with van der Waals surface area (Å²) in [6.07, 6.45) is 17.7. The average Bonchev–Trinajstić information content (AvgIpc) is 2.94. The van der Waals surface area contributed by atoms with Crippen molar-refractivity contribution in [3.63, 3.8) is 0 Å². The van der Waals surface area contributed by atoms with Gasteiger partial charge < -0.3 is 19.5 Å². The molecule has 0 atom stereocenters. The molecule has 0 aliphatic carbocycles. The third-order valence-electron chi connectivity index (χ3n) is 7.93. The second-order valence-corrected chi connectivity index (χ2v) is 11.6. The first-order valence-electron chi connectivity index (χ1n) is 15.9. The van der Waals surface area contributed by atoms with E-state index in [2.05, 4.69) is 18.3 Å². The van der Waals surface area contributed by atoms with Crippen molar-refractivity contribution in [3.05, 3.63) is 51.9 Å². The molecule has 0 saturated carbocycles. The van der Waals surface area contributed by atoms with Gasteiger partial charge in [-0.05, 0) is 52.2 Å². The van der Waals surface area contributed by atoms with Crippen LogP contribution in [0, 0.1) is 0 Å². The number of aryl methyl sites for hydroxylation is 1. The first-order valence-corrected chi connectivity index (χ1v) is 15.9. The minimum atomic E-state index is -0.650. The zero-order valence-electron chi connectivity index (χ0n) is 26.8. The topological polar surface area (TPSA) is 73.9 Å². The molecule has 1 heterocycles. The number of methoxy groups -OCH3 is 2. The van der Waals surface area contributed by atoms with E-state index >= 15 is 0 Å². The number of carbonyl (C=O) groups excluding carboxylic acids is 2. The van der Waals surface area contributed by atoms with Crippen molar-refractivity contribution < 1.29 is 23.8 Å². The fourth-order valence-corrected chi connectivity index (χ4v) is 5.87. The molecule has 1 N–H and O–H groups in total. The number of unbranched alkanes of at least 4 members (excludes halogenated alkanes) is 12. The molecule has 0 fully saturated rings. The van der Waals surface area contributed by atoms with Gasteiger partial charge in [-0.1, -0.05) is 96.1 Å². The van der Waals surface area contributed by atoms with Crippen LogP contribution in [0.15, 0.2) is 40.7 Å². The van der Waals surface area contributed by atoms with Gasteiger partial charge in [-0.3, -0.25) is 0 Å². The van der Waals surface area contributed by atoms with E-state index in [1.54, 1.807) is 0 Å². The highest BCUT2D eigenvalue weighted by atomic mass is 16.5. The summed E-state index contributed by atoms with van der Waals surface area (Å²) in [5.74, 6) is -0.911. The number of hydrogen-bond donors (Lipinski definition) is 1. The van der Waals surface area contributed by atoms with Gasteiger partial charge in [0.25, 0.3) is 0 Å². The van der Waals surface area contributed by atoms with Crippen LogP contribution in [-0.4, -0.2) is 32.3 Å². The van der Waals surface area contributed by atoms with E-state index in [0.29, 0.717) is 28.3 Å². The third kappa shape index (κ3) is 10.5. The van der Waals surface area contributed by atoms with Crippen molar-refractivity contribution in [3.8, 4) is 5.75 Å². The summed E-state index contributed by atoms with van der Waals surface area (Å²) in [5.41, 5.74) is 4.08. The molecule has 1 aromatic rings. The molecule has 0 radical (unpaired) electrons. The van der Waals surface area contributed by atoms with E-state index in [-0.39, 0.29) is 6.10 Å². The van der Waals surface area contributed by atoms with E-state index in [4.69, 9.17) is 14.2 Å². The zero-order chi connectivity index (χ0) is 30.2. The Kier molecular flexibility index (Phi) is 15.6. The van der Waals surface area contributed by atoms with Crippen LogP contribution >= 0.6 is 0 Å². The third-order valence-corrected chi connectivity index (χ3v) is 7.93. The van der Waals surface area contributed by atoms with Crippen LogP contribution in [0.5, 0.6) is 5.75 Å². The number of rotatable bonds is 19. The molecular formula is C35H55NO5. The Morgan fingerprint density at radius 2 is 1.22 bits per heavy atom. The van der Waals surface area contributed by atoms with E-state index in [9.17, 15) is 9.59 Å². The van der Waals surface area contributed by atoms with Gasteiger partial charge in [-0.25, -0.2) is 9.59 Å². The lowest BCUT2D eigenvalue weighted by atomic mass is 9.77. The first-order chi connectivity index (χ1) is 19.8. The Morgan fingerprint density at radius 1 is 0.756 bits per heavy atom. The number of hydrogen-bond acceptors (Lipinski definition) is 6. The van der Waals surface area contributed by atoms with Crippen LogP contribution in [0.2, 0.25) is 0 Å². The van der Waals surface area contributed by atoms with Crippen molar-refractivity contribution in [1.82, 2.24) is 5.32 Å². The monoisotopic (exact) mass is 569 g/mol. The molecule has 0 aromatic heterocycles. The SMILES string of the molecule is CCCCCCCCCCCCCCCc1cccc(OC(C)C)c1C1C(C(=O)OC)=C(C)NC(C)=C1C(=O)OC. The molecule has 1 aliphatic heterocycles. The maximum absolute atomic E-state index is 13.1. The smallest absolute Gasteiger partial charge is 0.336 e. The van der Waals surface area contributed by atoms with E-state index in [1.165, 1.54) is 84.8 Å². The summed E-state index contributed by atoms with van der Waals surface area (Å²) in [4.78, 5) is 26.2. The van der Waals surface area contributed by atoms with Gasteiger partial charge in [0.2, 0.25) is 0 Å². The maximum Gasteiger partial charge on any atom is 0.336 e. The Morgan fingerprint density at radius 3 is 1.66 bits per heavy atom. The minimum Gasteiger partial charge on any atom is -0.491 e. The molecule has 0 unspecified atom stereocenters. The summed E-state index contributed by atoms with van der Waals surface area (Å²) in [6.45, 7) is 9.92. The second-order valence-electron chi connectivity index (χ2n) is 11.6. The normalized spacial score (nSPS) is 14.0. The van der Waals surface area contributed by atoms with Crippen LogP contribution in [0.3, 0.4) is 0 Å². The summed E-state index contributed by atoms with van der Waals surface area (Å²) < 4.78 is 16.7. The molecule has 0 bridgehead atoms. The van der Waals surface area contributed by atoms with Crippen LogP contribution in [-0.2, 0) is 25.5 Å². The fourth-order valence-electron chi connectivity index (χ4n) is 5.87. The molecule has 6 nitrogen and oxygen atoms in total. The number of ether oxygens (including phenoxy) is 3. The Labute approximate surface area is 249 Å². The Bertz CT molecular complexity index is 1000. The molecular weight excluding hydrogens is 514 g/mol. The zero-order valence-corrected chi connectivity index (χ0v) is 26.8. The predicted molar refractivity (Wildman–Crippen MR) is 167 cm³/mol. The average molecular weight is 570 g/mol. The van der Waals surface area contributed by atoms with Gasteiger partial charge in [0, 0.05) is 17.0 Å². The molecule has 6 heteroatoms. The second kappa shape index (κ2) is 18.6. The van der Waals surface area contributed by atoms with Gasteiger partial charge in [0.05, 0.1) is 37.4 Å². The van der Waals surface area contributed by atoms with E-state index in [0.717, 1.165) is 30.4 Å². The van der Waals surface area contributed by atoms with E-state index in [1.807, 2.05) is 39.8 Å². The van der Waals surface area contributed by atoms with Crippen LogP contribution < -0.4 is 10.1 Å². The number of carbonyl (C=O) groups is 2. The maximum atomic E-state index is 13.1. The van der Waals surface area contributed by atoms with Gasteiger partial charge in [0.1, 0.15) is 5.75 Å². The van der Waals surface area contributed by atoms with Crippen molar-refractivity contribution in [2.24, 2.45) is 0 Å². The van der Waals surface area contributed by atoms with Gasteiger partial charge in [-0.2, -0.15) is 0 Å². The number of nitrogens with one attached hydrogen (secondary N) is 1. The lowest BCUT2D eigenvalue weighted by molar-refractivity contribution is -0.137. The Hall–Kier alpha value is -2.76. The molecule has 0 saturated heterocycles. The van der Waals surface area contributed by atoms with Crippen LogP contribution in [0.4, 0.5) is 0 Å². The lowest BCUT2D eigenvalue weighted by Gasteiger charge is -2.32. The molecule has 0 amide bonds. The van der Waals surface area contributed by atoms with Crippen LogP contribution in [0.25, 0.3) is 0 Å². The predicted octanol–water partition coefficient (Wildman–Crippen LogP) is 8.69. The number of benzene rings is 1. The molecule has 1 aromatic carbocycles. The minimum absolute atomic E-state index is 0.0691. The van der Waals surface area contributed by atoms with Crippen molar-refractivity contribution in [2.45, 2.75) is 137 Å². The summed E-state index contributed by atoms with van der Waals surface area (Å²) in [7, 11) is 2.74. The molecule has 1 aliphatic rings. The largest absolute Gasteiger partial charge is 0.491 e.